The van der Waals surface area contributed by atoms with E-state index in [0.717, 1.165) is 25.7 Å². The third kappa shape index (κ3) is 3.85. The van der Waals surface area contributed by atoms with Crippen LogP contribution in [0.4, 0.5) is 0 Å². The van der Waals surface area contributed by atoms with Gasteiger partial charge >= 0.3 is 0 Å². The van der Waals surface area contributed by atoms with Gasteiger partial charge < -0.3 is 9.47 Å². The van der Waals surface area contributed by atoms with E-state index in [-0.39, 0.29) is 24.4 Å². The third-order valence-electron chi connectivity index (χ3n) is 3.82. The van der Waals surface area contributed by atoms with Gasteiger partial charge in [-0.05, 0) is 25.3 Å². The highest BCUT2D eigenvalue weighted by molar-refractivity contribution is 9.10. The van der Waals surface area contributed by atoms with E-state index in [4.69, 9.17) is 15.9 Å². The fourth-order valence-corrected chi connectivity index (χ4v) is 4.93. The minimum absolute atomic E-state index is 0.126. The van der Waals surface area contributed by atoms with Crippen molar-refractivity contribution in [2.75, 3.05) is 0 Å². The molecule has 2 nitrogen and oxygen atoms in total. The molecule has 0 N–H and O–H groups in total. The van der Waals surface area contributed by atoms with Crippen molar-refractivity contribution in [1.82, 2.24) is 0 Å². The number of fused-ring (bicyclic) bond motifs is 2. The molecule has 4 heteroatoms. The minimum Gasteiger partial charge on any atom is -0.371 e. The van der Waals surface area contributed by atoms with Crippen molar-refractivity contribution in [2.24, 2.45) is 0 Å². The van der Waals surface area contributed by atoms with Crippen LogP contribution in [-0.2, 0) is 9.47 Å². The Labute approximate surface area is 132 Å². The van der Waals surface area contributed by atoms with Crippen LogP contribution >= 0.6 is 31.9 Å². The first-order chi connectivity index (χ1) is 9.15. The van der Waals surface area contributed by atoms with E-state index in [9.17, 15) is 0 Å². The fraction of sp³-hybridized carbons (Fsp3) is 0.733. The highest BCUT2D eigenvalue weighted by Crippen LogP contribution is 2.38. The molecule has 2 rings (SSSR count). The van der Waals surface area contributed by atoms with Gasteiger partial charge in [0.05, 0.1) is 24.4 Å². The highest BCUT2D eigenvalue weighted by Gasteiger charge is 2.43. The highest BCUT2D eigenvalue weighted by atomic mass is 79.9. The topological polar surface area (TPSA) is 18.5 Å². The summed E-state index contributed by atoms with van der Waals surface area (Å²) in [4.78, 5) is 0.773. The van der Waals surface area contributed by atoms with Crippen molar-refractivity contribution in [2.45, 2.75) is 66.7 Å². The number of halogens is 2. The number of rotatable bonds is 3. The molecule has 106 valence electrons. The van der Waals surface area contributed by atoms with Crippen LogP contribution in [-0.4, -0.2) is 34.1 Å². The van der Waals surface area contributed by atoms with Crippen LogP contribution < -0.4 is 0 Å². The largest absolute Gasteiger partial charge is 0.371 e. The summed E-state index contributed by atoms with van der Waals surface area (Å²) in [6.45, 7) is 2.17. The Morgan fingerprint density at radius 1 is 1.16 bits per heavy atom. The van der Waals surface area contributed by atoms with Crippen molar-refractivity contribution in [3.63, 3.8) is 0 Å². The monoisotopic (exact) mass is 390 g/mol. The molecule has 2 aliphatic rings. The van der Waals surface area contributed by atoms with Gasteiger partial charge in [0, 0.05) is 16.1 Å². The van der Waals surface area contributed by atoms with Gasteiger partial charge in [-0.3, -0.25) is 0 Å². The number of hydrogen-bond donors (Lipinski definition) is 0. The summed E-state index contributed by atoms with van der Waals surface area (Å²) in [5, 5.41) is 0. The first-order valence-corrected chi connectivity index (χ1v) is 8.69. The number of hydrogen-bond acceptors (Lipinski definition) is 2. The molecule has 0 saturated carbocycles. The molecule has 0 spiro atoms. The molecule has 0 aromatic carbocycles. The molecule has 6 atom stereocenters. The van der Waals surface area contributed by atoms with Crippen molar-refractivity contribution in [3.05, 3.63) is 12.2 Å². The first-order valence-electron chi connectivity index (χ1n) is 6.85. The average molecular weight is 392 g/mol. The van der Waals surface area contributed by atoms with E-state index < -0.39 is 0 Å². The number of terminal acetylenes is 1. The summed E-state index contributed by atoms with van der Waals surface area (Å²) in [5.41, 5.74) is 0. The van der Waals surface area contributed by atoms with Gasteiger partial charge in [-0.1, -0.05) is 50.8 Å². The zero-order valence-electron chi connectivity index (χ0n) is 11.1. The van der Waals surface area contributed by atoms with E-state index in [1.165, 1.54) is 0 Å². The van der Waals surface area contributed by atoms with Crippen LogP contribution in [0.3, 0.4) is 0 Å². The zero-order chi connectivity index (χ0) is 13.8. The van der Waals surface area contributed by atoms with Gasteiger partial charge in [-0.2, -0.15) is 0 Å². The maximum absolute atomic E-state index is 6.26. The predicted octanol–water partition coefficient (Wildman–Crippen LogP) is 3.82. The minimum atomic E-state index is 0.126. The number of ether oxygens (including phenoxy) is 2. The molecule has 6 unspecified atom stereocenters. The Hall–Kier alpha value is 0.180. The van der Waals surface area contributed by atoms with Crippen molar-refractivity contribution < 1.29 is 9.47 Å². The molecule has 0 aromatic heterocycles. The molecule has 0 radical (unpaired) electrons. The third-order valence-corrected chi connectivity index (χ3v) is 5.75. The Morgan fingerprint density at radius 2 is 1.89 bits per heavy atom. The number of alkyl halides is 2. The van der Waals surface area contributed by atoms with Gasteiger partial charge in [0.1, 0.15) is 0 Å². The van der Waals surface area contributed by atoms with Crippen molar-refractivity contribution >= 4 is 31.9 Å². The molecular formula is C15H20Br2O2. The molecule has 19 heavy (non-hydrogen) atoms. The Kier molecular flexibility index (Phi) is 5.95. The van der Waals surface area contributed by atoms with Crippen LogP contribution in [0.2, 0.25) is 0 Å². The molecule has 2 saturated heterocycles. The predicted molar refractivity (Wildman–Crippen MR) is 84.9 cm³/mol. The van der Waals surface area contributed by atoms with Gasteiger partial charge in [0.2, 0.25) is 0 Å². The van der Waals surface area contributed by atoms with E-state index in [2.05, 4.69) is 44.7 Å². The van der Waals surface area contributed by atoms with Crippen LogP contribution in [0.25, 0.3) is 0 Å². The normalized spacial score (nSPS) is 42.8. The van der Waals surface area contributed by atoms with Crippen molar-refractivity contribution in [3.8, 4) is 12.3 Å². The second kappa shape index (κ2) is 7.26. The molecule has 0 amide bonds. The Balaban J connectivity index is 2.07. The standard InChI is InChI=1S/C15H20Br2O2/c1-3-5-6-7-13-15-9-14(19-13)11(17)8-10(16)12(4-2)18-15/h1,5-6,10-15H,4,7-9H2,2H3. The molecular weight excluding hydrogens is 372 g/mol. The van der Waals surface area contributed by atoms with Crippen LogP contribution in [0.1, 0.15) is 32.6 Å². The van der Waals surface area contributed by atoms with Crippen LogP contribution in [0.15, 0.2) is 12.2 Å². The summed E-state index contributed by atoms with van der Waals surface area (Å²) in [7, 11) is 0. The van der Waals surface area contributed by atoms with E-state index in [1.54, 1.807) is 6.08 Å². The summed E-state index contributed by atoms with van der Waals surface area (Å²) >= 11 is 7.53. The first kappa shape index (κ1) is 15.6. The Bertz CT molecular complexity index is 364. The maximum Gasteiger partial charge on any atom is 0.0876 e. The SMILES string of the molecule is C#CC=CCC1OC2CC1OC(CC)C(Br)CC2Br. The molecule has 0 aliphatic carbocycles. The van der Waals surface area contributed by atoms with E-state index in [1.807, 2.05) is 6.08 Å². The molecule has 2 aliphatic heterocycles. The van der Waals surface area contributed by atoms with E-state index >= 15 is 0 Å². The van der Waals surface area contributed by atoms with Crippen molar-refractivity contribution in [1.29, 1.82) is 0 Å². The lowest BCUT2D eigenvalue weighted by Gasteiger charge is -2.30. The van der Waals surface area contributed by atoms with Gasteiger partial charge in [-0.25, -0.2) is 0 Å². The van der Waals surface area contributed by atoms with Gasteiger partial charge in [0.25, 0.3) is 0 Å². The second-order valence-corrected chi connectivity index (χ2v) is 7.49. The van der Waals surface area contributed by atoms with Crippen LogP contribution in [0, 0.1) is 12.3 Å². The maximum atomic E-state index is 6.26. The van der Waals surface area contributed by atoms with Gasteiger partial charge in [-0.15, -0.1) is 6.42 Å². The molecule has 0 aromatic rings. The molecule has 2 fully saturated rings. The molecule has 2 bridgehead atoms. The summed E-state index contributed by atoms with van der Waals surface area (Å²) < 4.78 is 12.4. The lowest BCUT2D eigenvalue weighted by molar-refractivity contribution is -0.0499. The number of allylic oxidation sites excluding steroid dienone is 1. The van der Waals surface area contributed by atoms with Crippen LogP contribution in [0.5, 0.6) is 0 Å². The average Bonchev–Trinajstić information content (AvgIpc) is 2.79. The van der Waals surface area contributed by atoms with Gasteiger partial charge in [0.15, 0.2) is 0 Å². The summed E-state index contributed by atoms with van der Waals surface area (Å²) in [6, 6.07) is 0. The Morgan fingerprint density at radius 3 is 2.58 bits per heavy atom. The smallest absolute Gasteiger partial charge is 0.0876 e. The second-order valence-electron chi connectivity index (χ2n) is 5.14. The zero-order valence-corrected chi connectivity index (χ0v) is 14.3. The summed E-state index contributed by atoms with van der Waals surface area (Å²) in [6.07, 6.45) is 13.6. The lowest BCUT2D eigenvalue weighted by atomic mass is 9.99. The van der Waals surface area contributed by atoms with E-state index in [0.29, 0.717) is 9.65 Å². The summed E-state index contributed by atoms with van der Waals surface area (Å²) in [5.74, 6) is 2.52. The fourth-order valence-electron chi connectivity index (χ4n) is 2.78. The lowest BCUT2D eigenvalue weighted by Crippen LogP contribution is -2.36. The molecule has 2 heterocycles. The quantitative estimate of drug-likeness (QED) is 0.537.